The van der Waals surface area contributed by atoms with Crippen molar-refractivity contribution in [1.82, 2.24) is 15.1 Å². The Labute approximate surface area is 188 Å². The SMILES string of the molecule is COc1ccc(F)cc1CN1CCN(C(C)C(=O)NC(=O)Nc2ccc(C)cc2C)CC1. The van der Waals surface area contributed by atoms with Crippen molar-refractivity contribution in [3.63, 3.8) is 0 Å². The lowest BCUT2D eigenvalue weighted by atomic mass is 10.1. The van der Waals surface area contributed by atoms with Gasteiger partial charge in [-0.25, -0.2) is 9.18 Å². The van der Waals surface area contributed by atoms with Gasteiger partial charge in [0.15, 0.2) is 0 Å². The molecule has 2 N–H and O–H groups in total. The van der Waals surface area contributed by atoms with Crippen molar-refractivity contribution in [2.45, 2.75) is 33.4 Å². The van der Waals surface area contributed by atoms with Crippen molar-refractivity contribution in [3.8, 4) is 5.75 Å². The number of hydrogen-bond donors (Lipinski definition) is 2. The summed E-state index contributed by atoms with van der Waals surface area (Å²) in [6.07, 6.45) is 0. The molecule has 32 heavy (non-hydrogen) atoms. The molecular weight excluding hydrogens is 411 g/mol. The Morgan fingerprint density at radius 2 is 1.81 bits per heavy atom. The predicted molar refractivity (Wildman–Crippen MR) is 122 cm³/mol. The fraction of sp³-hybridized carbons (Fsp3) is 0.417. The first-order valence-electron chi connectivity index (χ1n) is 10.7. The zero-order valence-corrected chi connectivity index (χ0v) is 19.1. The van der Waals surface area contributed by atoms with Gasteiger partial charge in [0.05, 0.1) is 13.2 Å². The first kappa shape index (κ1) is 23.7. The van der Waals surface area contributed by atoms with Crippen molar-refractivity contribution < 1.29 is 18.7 Å². The van der Waals surface area contributed by atoms with E-state index in [2.05, 4.69) is 15.5 Å². The molecule has 0 aromatic heterocycles. The van der Waals surface area contributed by atoms with Crippen LogP contribution in [0.1, 0.15) is 23.6 Å². The highest BCUT2D eigenvalue weighted by Gasteiger charge is 2.27. The lowest BCUT2D eigenvalue weighted by Crippen LogP contribution is -2.54. The number of carbonyl (C=O) groups is 2. The third-order valence-corrected chi connectivity index (χ3v) is 5.84. The summed E-state index contributed by atoms with van der Waals surface area (Å²) in [5, 5.41) is 5.17. The minimum Gasteiger partial charge on any atom is -0.496 e. The molecule has 2 aromatic carbocycles. The maximum Gasteiger partial charge on any atom is 0.325 e. The number of aryl methyl sites for hydroxylation is 2. The van der Waals surface area contributed by atoms with Crippen LogP contribution in [0.15, 0.2) is 36.4 Å². The highest BCUT2D eigenvalue weighted by Crippen LogP contribution is 2.22. The zero-order chi connectivity index (χ0) is 23.3. The number of nitrogens with one attached hydrogen (secondary N) is 2. The lowest BCUT2D eigenvalue weighted by Gasteiger charge is -2.37. The number of anilines is 1. The molecule has 0 spiro atoms. The van der Waals surface area contributed by atoms with Gasteiger partial charge in [0, 0.05) is 44.0 Å². The van der Waals surface area contributed by atoms with Crippen LogP contribution in [0.25, 0.3) is 0 Å². The van der Waals surface area contributed by atoms with Gasteiger partial charge in [-0.1, -0.05) is 17.7 Å². The summed E-state index contributed by atoms with van der Waals surface area (Å²) in [7, 11) is 1.57. The second-order valence-corrected chi connectivity index (χ2v) is 8.21. The van der Waals surface area contributed by atoms with Gasteiger partial charge in [-0.3, -0.25) is 19.9 Å². The Balaban J connectivity index is 1.49. The normalized spacial score (nSPS) is 15.8. The molecule has 1 saturated heterocycles. The Kier molecular flexibility index (Phi) is 7.82. The van der Waals surface area contributed by atoms with Crippen molar-refractivity contribution in [2.75, 3.05) is 38.6 Å². The number of hydrogen-bond acceptors (Lipinski definition) is 5. The summed E-state index contributed by atoms with van der Waals surface area (Å²) in [6.45, 7) is 9.06. The van der Waals surface area contributed by atoms with Gasteiger partial charge in [0.25, 0.3) is 0 Å². The van der Waals surface area contributed by atoms with Gasteiger partial charge in [0.2, 0.25) is 5.91 Å². The molecule has 1 atom stereocenters. The molecular formula is C24H31FN4O3. The first-order valence-corrected chi connectivity index (χ1v) is 10.7. The molecule has 1 unspecified atom stereocenters. The van der Waals surface area contributed by atoms with Gasteiger partial charge < -0.3 is 10.1 Å². The second-order valence-electron chi connectivity index (χ2n) is 8.21. The van der Waals surface area contributed by atoms with Crippen LogP contribution in [0.5, 0.6) is 5.75 Å². The molecule has 1 aliphatic heterocycles. The maximum absolute atomic E-state index is 13.6. The summed E-state index contributed by atoms with van der Waals surface area (Å²) in [5.41, 5.74) is 3.52. The van der Waals surface area contributed by atoms with Gasteiger partial charge in [-0.2, -0.15) is 0 Å². The van der Waals surface area contributed by atoms with Crippen LogP contribution in [0.3, 0.4) is 0 Å². The number of amides is 3. The van der Waals surface area contributed by atoms with Crippen LogP contribution in [0, 0.1) is 19.7 Å². The molecule has 1 aliphatic rings. The summed E-state index contributed by atoms with van der Waals surface area (Å²) in [4.78, 5) is 29.1. The van der Waals surface area contributed by atoms with Gasteiger partial charge in [0.1, 0.15) is 11.6 Å². The fourth-order valence-electron chi connectivity index (χ4n) is 3.91. The fourth-order valence-corrected chi connectivity index (χ4v) is 3.91. The van der Waals surface area contributed by atoms with E-state index < -0.39 is 12.1 Å². The quantitative estimate of drug-likeness (QED) is 0.718. The topological polar surface area (TPSA) is 73.9 Å². The number of halogens is 1. The van der Waals surface area contributed by atoms with E-state index in [4.69, 9.17) is 4.74 Å². The monoisotopic (exact) mass is 442 g/mol. The van der Waals surface area contributed by atoms with Crippen LogP contribution in [-0.2, 0) is 11.3 Å². The summed E-state index contributed by atoms with van der Waals surface area (Å²) in [5.74, 6) is 0.0350. The summed E-state index contributed by atoms with van der Waals surface area (Å²) < 4.78 is 18.9. The number of methoxy groups -OCH3 is 1. The van der Waals surface area contributed by atoms with Gasteiger partial charge >= 0.3 is 6.03 Å². The van der Waals surface area contributed by atoms with Crippen molar-refractivity contribution >= 4 is 17.6 Å². The maximum atomic E-state index is 13.6. The zero-order valence-electron chi connectivity index (χ0n) is 19.1. The number of benzene rings is 2. The molecule has 1 heterocycles. The number of urea groups is 1. The number of nitrogens with zero attached hydrogens (tertiary/aromatic N) is 2. The molecule has 3 rings (SSSR count). The standard InChI is InChI=1S/C24H31FN4O3/c1-16-5-7-21(17(2)13-16)26-24(31)27-23(30)18(3)29-11-9-28(10-12-29)15-19-14-20(25)6-8-22(19)32-4/h5-8,13-14,18H,9-12,15H2,1-4H3,(H2,26,27,30,31). The van der Waals surface area contributed by atoms with Crippen LogP contribution < -0.4 is 15.4 Å². The first-order chi connectivity index (χ1) is 15.3. The van der Waals surface area contributed by atoms with E-state index in [1.165, 1.54) is 12.1 Å². The third kappa shape index (κ3) is 6.05. The molecule has 7 nitrogen and oxygen atoms in total. The van der Waals surface area contributed by atoms with E-state index in [9.17, 15) is 14.0 Å². The molecule has 172 valence electrons. The number of rotatable bonds is 6. The van der Waals surface area contributed by atoms with Gasteiger partial charge in [-0.05, 0) is 50.6 Å². The van der Waals surface area contributed by atoms with Crippen LogP contribution in [0.2, 0.25) is 0 Å². The number of carbonyl (C=O) groups excluding carboxylic acids is 2. The highest BCUT2D eigenvalue weighted by atomic mass is 19.1. The number of ether oxygens (including phenoxy) is 1. The molecule has 8 heteroatoms. The minimum atomic E-state index is -0.536. The van der Waals surface area contributed by atoms with Crippen molar-refractivity contribution in [1.29, 1.82) is 0 Å². The predicted octanol–water partition coefficient (Wildman–Crippen LogP) is 3.31. The molecule has 0 bridgehead atoms. The van der Waals surface area contributed by atoms with Crippen LogP contribution in [-0.4, -0.2) is 61.1 Å². The van der Waals surface area contributed by atoms with E-state index >= 15 is 0 Å². The average Bonchev–Trinajstić information content (AvgIpc) is 2.76. The van der Waals surface area contributed by atoms with E-state index in [1.54, 1.807) is 20.1 Å². The summed E-state index contributed by atoms with van der Waals surface area (Å²) >= 11 is 0. The van der Waals surface area contributed by atoms with E-state index in [0.717, 1.165) is 29.8 Å². The van der Waals surface area contributed by atoms with E-state index in [1.807, 2.05) is 36.9 Å². The Morgan fingerprint density at radius 3 is 2.47 bits per heavy atom. The smallest absolute Gasteiger partial charge is 0.325 e. The van der Waals surface area contributed by atoms with Crippen molar-refractivity contribution in [2.24, 2.45) is 0 Å². The highest BCUT2D eigenvalue weighted by molar-refractivity contribution is 6.03. The molecule has 0 aliphatic carbocycles. The third-order valence-electron chi connectivity index (χ3n) is 5.84. The Hall–Kier alpha value is -2.97. The largest absolute Gasteiger partial charge is 0.496 e. The van der Waals surface area contributed by atoms with Gasteiger partial charge in [-0.15, -0.1) is 0 Å². The van der Waals surface area contributed by atoms with Crippen LogP contribution in [0.4, 0.5) is 14.9 Å². The minimum absolute atomic E-state index is 0.288. The molecule has 0 saturated carbocycles. The molecule has 3 amide bonds. The van der Waals surface area contributed by atoms with E-state index in [0.29, 0.717) is 31.1 Å². The van der Waals surface area contributed by atoms with E-state index in [-0.39, 0.29) is 11.7 Å². The number of piperazine rings is 1. The average molecular weight is 443 g/mol. The van der Waals surface area contributed by atoms with Crippen LogP contribution >= 0.6 is 0 Å². The Bertz CT molecular complexity index is 974. The second kappa shape index (κ2) is 10.6. The van der Waals surface area contributed by atoms with Crippen molar-refractivity contribution in [3.05, 3.63) is 58.9 Å². The number of imide groups is 1. The molecule has 0 radical (unpaired) electrons. The molecule has 1 fully saturated rings. The molecule has 2 aromatic rings. The summed E-state index contributed by atoms with van der Waals surface area (Å²) in [6, 6.07) is 9.25. The Morgan fingerprint density at radius 1 is 1.09 bits per heavy atom. The lowest BCUT2D eigenvalue weighted by molar-refractivity contribution is -0.125.